The molecule has 100 valence electrons. The third-order valence-corrected chi connectivity index (χ3v) is 3.24. The minimum absolute atomic E-state index is 0.0733. The first kappa shape index (κ1) is 14.5. The standard InChI is InChI=1S/C10H14N2O5S/c1-6(13)18-3-2-9(15)12-5-11-8(14)4-7(12)10(16)17/h7H,2-5H2,1H3,(H,11,14)(H,16,17). The Hall–Kier alpha value is -1.57. The topological polar surface area (TPSA) is 104 Å². The van der Waals surface area contributed by atoms with Gasteiger partial charge in [-0.15, -0.1) is 0 Å². The first-order valence-corrected chi connectivity index (χ1v) is 6.32. The van der Waals surface area contributed by atoms with E-state index < -0.39 is 12.0 Å². The summed E-state index contributed by atoms with van der Waals surface area (Å²) in [5.41, 5.74) is 0. The van der Waals surface area contributed by atoms with Crippen LogP contribution in [0.5, 0.6) is 0 Å². The van der Waals surface area contributed by atoms with Crippen LogP contribution in [0.4, 0.5) is 0 Å². The highest BCUT2D eigenvalue weighted by atomic mass is 32.2. The Morgan fingerprint density at radius 1 is 1.50 bits per heavy atom. The van der Waals surface area contributed by atoms with Crippen LogP contribution in [-0.4, -0.2) is 51.4 Å². The molecule has 0 aromatic heterocycles. The number of hydrogen-bond donors (Lipinski definition) is 2. The Bertz CT molecular complexity index is 384. The Balaban J connectivity index is 2.56. The lowest BCUT2D eigenvalue weighted by Gasteiger charge is -2.32. The van der Waals surface area contributed by atoms with Crippen molar-refractivity contribution in [3.8, 4) is 0 Å². The summed E-state index contributed by atoms with van der Waals surface area (Å²) in [4.78, 5) is 45.7. The van der Waals surface area contributed by atoms with Crippen LogP contribution < -0.4 is 5.32 Å². The second-order valence-corrected chi connectivity index (χ2v) is 5.04. The van der Waals surface area contributed by atoms with Crippen LogP contribution in [0, 0.1) is 0 Å². The molecule has 1 unspecified atom stereocenters. The number of hydrogen-bond acceptors (Lipinski definition) is 5. The molecule has 1 fully saturated rings. The molecule has 0 aliphatic carbocycles. The zero-order valence-corrected chi connectivity index (χ0v) is 10.7. The van der Waals surface area contributed by atoms with Gasteiger partial charge in [0.15, 0.2) is 5.12 Å². The van der Waals surface area contributed by atoms with Gasteiger partial charge in [0.2, 0.25) is 11.8 Å². The number of aliphatic carboxylic acids is 1. The van der Waals surface area contributed by atoms with Gasteiger partial charge < -0.3 is 15.3 Å². The van der Waals surface area contributed by atoms with Gasteiger partial charge in [-0.25, -0.2) is 4.79 Å². The normalized spacial score (nSPS) is 19.3. The van der Waals surface area contributed by atoms with Crippen LogP contribution in [0.25, 0.3) is 0 Å². The molecule has 1 rings (SSSR count). The molecule has 0 radical (unpaired) electrons. The van der Waals surface area contributed by atoms with Gasteiger partial charge in [-0.1, -0.05) is 11.8 Å². The van der Waals surface area contributed by atoms with E-state index in [2.05, 4.69) is 5.32 Å². The smallest absolute Gasteiger partial charge is 0.327 e. The van der Waals surface area contributed by atoms with Crippen molar-refractivity contribution in [2.45, 2.75) is 25.8 Å². The summed E-state index contributed by atoms with van der Waals surface area (Å²) < 4.78 is 0. The van der Waals surface area contributed by atoms with Gasteiger partial charge in [-0.3, -0.25) is 14.4 Å². The van der Waals surface area contributed by atoms with Crippen LogP contribution in [0.15, 0.2) is 0 Å². The van der Waals surface area contributed by atoms with E-state index in [4.69, 9.17) is 5.11 Å². The highest BCUT2D eigenvalue weighted by Crippen LogP contribution is 2.13. The number of carbonyl (C=O) groups excluding carboxylic acids is 3. The summed E-state index contributed by atoms with van der Waals surface area (Å²) in [6.07, 6.45) is -0.162. The molecular formula is C10H14N2O5S. The van der Waals surface area contributed by atoms with Crippen molar-refractivity contribution in [1.29, 1.82) is 0 Å². The lowest BCUT2D eigenvalue weighted by molar-refractivity contribution is -0.155. The molecule has 1 saturated heterocycles. The average Bonchev–Trinajstić information content (AvgIpc) is 2.28. The van der Waals surface area contributed by atoms with Crippen LogP contribution in [0.3, 0.4) is 0 Å². The molecule has 7 nitrogen and oxygen atoms in total. The van der Waals surface area contributed by atoms with E-state index in [0.29, 0.717) is 5.75 Å². The molecule has 1 atom stereocenters. The van der Waals surface area contributed by atoms with E-state index in [1.807, 2.05) is 0 Å². The molecule has 1 heterocycles. The van der Waals surface area contributed by atoms with Crippen molar-refractivity contribution < 1.29 is 24.3 Å². The van der Waals surface area contributed by atoms with E-state index >= 15 is 0 Å². The second kappa shape index (κ2) is 6.39. The monoisotopic (exact) mass is 274 g/mol. The largest absolute Gasteiger partial charge is 0.480 e. The Morgan fingerprint density at radius 3 is 2.72 bits per heavy atom. The molecule has 2 amide bonds. The summed E-state index contributed by atoms with van der Waals surface area (Å²) in [5.74, 6) is -1.65. The number of thioether (sulfide) groups is 1. The minimum atomic E-state index is -1.20. The van der Waals surface area contributed by atoms with Gasteiger partial charge in [0, 0.05) is 19.1 Å². The van der Waals surface area contributed by atoms with E-state index in [1.165, 1.54) is 6.92 Å². The maximum atomic E-state index is 11.8. The molecule has 0 saturated carbocycles. The average molecular weight is 274 g/mol. The van der Waals surface area contributed by atoms with E-state index in [1.54, 1.807) is 0 Å². The predicted octanol–water partition coefficient (Wildman–Crippen LogP) is -0.585. The van der Waals surface area contributed by atoms with Gasteiger partial charge in [-0.05, 0) is 0 Å². The number of rotatable bonds is 4. The Labute approximate surface area is 108 Å². The number of carboxylic acids is 1. The first-order valence-electron chi connectivity index (χ1n) is 5.34. The zero-order chi connectivity index (χ0) is 13.7. The lowest BCUT2D eigenvalue weighted by Crippen LogP contribution is -2.56. The molecule has 0 aromatic carbocycles. The van der Waals surface area contributed by atoms with Crippen molar-refractivity contribution in [1.82, 2.24) is 10.2 Å². The third-order valence-electron chi connectivity index (χ3n) is 2.43. The molecule has 2 N–H and O–H groups in total. The van der Waals surface area contributed by atoms with Gasteiger partial charge in [0.05, 0.1) is 13.1 Å². The van der Waals surface area contributed by atoms with Crippen LogP contribution in [0.1, 0.15) is 19.8 Å². The molecule has 0 aromatic rings. The minimum Gasteiger partial charge on any atom is -0.480 e. The fourth-order valence-corrected chi connectivity index (χ4v) is 2.11. The molecular weight excluding hydrogens is 260 g/mol. The summed E-state index contributed by atoms with van der Waals surface area (Å²) in [6, 6.07) is -1.12. The van der Waals surface area contributed by atoms with Gasteiger partial charge >= 0.3 is 5.97 Å². The maximum Gasteiger partial charge on any atom is 0.327 e. The highest BCUT2D eigenvalue weighted by molar-refractivity contribution is 8.13. The Kier molecular flexibility index (Phi) is 5.14. The van der Waals surface area contributed by atoms with Crippen molar-refractivity contribution in [3.63, 3.8) is 0 Å². The number of nitrogens with one attached hydrogen (secondary N) is 1. The Morgan fingerprint density at radius 2 is 2.17 bits per heavy atom. The van der Waals surface area contributed by atoms with Crippen molar-refractivity contribution >= 4 is 34.7 Å². The lowest BCUT2D eigenvalue weighted by atomic mass is 10.1. The third kappa shape index (κ3) is 4.02. The summed E-state index contributed by atoms with van der Waals surface area (Å²) >= 11 is 1.01. The number of amides is 2. The molecule has 0 bridgehead atoms. The molecule has 8 heteroatoms. The predicted molar refractivity (Wildman–Crippen MR) is 63.7 cm³/mol. The maximum absolute atomic E-state index is 11.8. The quantitative estimate of drug-likeness (QED) is 0.710. The van der Waals surface area contributed by atoms with E-state index in [0.717, 1.165) is 16.7 Å². The number of nitrogens with zero attached hydrogens (tertiary/aromatic N) is 1. The highest BCUT2D eigenvalue weighted by Gasteiger charge is 2.34. The van der Waals surface area contributed by atoms with E-state index in [-0.39, 0.29) is 36.4 Å². The molecule has 18 heavy (non-hydrogen) atoms. The first-order chi connectivity index (χ1) is 8.41. The number of carbonyl (C=O) groups is 4. The fraction of sp³-hybridized carbons (Fsp3) is 0.600. The van der Waals surface area contributed by atoms with Crippen LogP contribution >= 0.6 is 11.8 Å². The number of carboxylic acid groups (broad SMARTS) is 1. The van der Waals surface area contributed by atoms with Gasteiger partial charge in [0.25, 0.3) is 0 Å². The van der Waals surface area contributed by atoms with Crippen molar-refractivity contribution in [2.24, 2.45) is 0 Å². The second-order valence-electron chi connectivity index (χ2n) is 3.77. The van der Waals surface area contributed by atoms with E-state index in [9.17, 15) is 19.2 Å². The van der Waals surface area contributed by atoms with Crippen LogP contribution in [-0.2, 0) is 19.2 Å². The summed E-state index contributed by atoms with van der Waals surface area (Å²) in [5, 5.41) is 11.3. The van der Waals surface area contributed by atoms with Crippen molar-refractivity contribution in [3.05, 3.63) is 0 Å². The SMILES string of the molecule is CC(=O)SCCC(=O)N1CNC(=O)CC1C(=O)O. The fourth-order valence-electron chi connectivity index (χ4n) is 1.55. The van der Waals surface area contributed by atoms with Crippen LogP contribution in [0.2, 0.25) is 0 Å². The summed E-state index contributed by atoms with van der Waals surface area (Å²) in [6.45, 7) is 1.30. The van der Waals surface area contributed by atoms with Gasteiger partial charge in [-0.2, -0.15) is 0 Å². The summed E-state index contributed by atoms with van der Waals surface area (Å²) in [7, 11) is 0. The molecule has 1 aliphatic heterocycles. The molecule has 0 spiro atoms. The zero-order valence-electron chi connectivity index (χ0n) is 9.84. The van der Waals surface area contributed by atoms with Gasteiger partial charge in [0.1, 0.15) is 6.04 Å². The molecule has 1 aliphatic rings. The van der Waals surface area contributed by atoms with Crippen molar-refractivity contribution in [2.75, 3.05) is 12.4 Å².